The van der Waals surface area contributed by atoms with Crippen LogP contribution >= 0.6 is 0 Å². The van der Waals surface area contributed by atoms with Crippen molar-refractivity contribution < 1.29 is 9.90 Å². The molecule has 134 valence electrons. The van der Waals surface area contributed by atoms with Gasteiger partial charge in [0, 0.05) is 11.1 Å². The Morgan fingerprint density at radius 2 is 1.59 bits per heavy atom. The third-order valence-corrected chi connectivity index (χ3v) is 3.28. The lowest BCUT2D eigenvalue weighted by atomic mass is 10.1. The zero-order valence-electron chi connectivity index (χ0n) is 15.0. The smallest absolute Gasteiger partial charge is 0.330 e. The van der Waals surface area contributed by atoms with Crippen LogP contribution in [-0.4, -0.2) is 11.1 Å². The van der Waals surface area contributed by atoms with Crippen LogP contribution in [0.5, 0.6) is 0 Å². The summed E-state index contributed by atoms with van der Waals surface area (Å²) in [7, 11) is 0. The van der Waals surface area contributed by atoms with Crippen LogP contribution in [0.25, 0.3) is 6.08 Å². The van der Waals surface area contributed by atoms with Gasteiger partial charge in [0.1, 0.15) is 17.7 Å². The minimum absolute atomic E-state index is 0.0346. The van der Waals surface area contributed by atoms with Gasteiger partial charge in [-0.15, -0.1) is 5.11 Å². The predicted octanol–water partition coefficient (Wildman–Crippen LogP) is 5.57. The monoisotopic (exact) mass is 358 g/mol. The minimum Gasteiger partial charge on any atom is -0.478 e. The van der Waals surface area contributed by atoms with Gasteiger partial charge in [-0.3, -0.25) is 0 Å². The number of carboxylic acid groups (broad SMARTS) is 1. The zero-order valence-corrected chi connectivity index (χ0v) is 15.0. The Hall–Kier alpha value is -4.03. The van der Waals surface area contributed by atoms with Gasteiger partial charge in [0.2, 0.25) is 0 Å². The molecule has 2 rings (SSSR count). The lowest BCUT2D eigenvalue weighted by Gasteiger charge is -1.98. The van der Waals surface area contributed by atoms with Crippen LogP contribution in [0.1, 0.15) is 19.4 Å². The maximum atomic E-state index is 9.86. The molecule has 1 N–H and O–H groups in total. The molecule has 0 saturated heterocycles. The standard InChI is InChI=1S/C16H10N4.C5H8O2/c17-11-13(12-18)10-14-6-4-5-9-16(14)20-19-15-7-2-1-3-8-15;1-3-4(2)5(6)7/h1-10H;3H,1-2H3,(H,6,7). The van der Waals surface area contributed by atoms with Gasteiger partial charge >= 0.3 is 5.97 Å². The molecule has 0 heterocycles. The largest absolute Gasteiger partial charge is 0.478 e. The Morgan fingerprint density at radius 3 is 2.11 bits per heavy atom. The average Bonchev–Trinajstić information content (AvgIpc) is 2.71. The van der Waals surface area contributed by atoms with Gasteiger partial charge in [0.05, 0.1) is 11.4 Å². The number of nitriles is 2. The summed E-state index contributed by atoms with van der Waals surface area (Å²) in [6.07, 6.45) is 3.06. The second kappa shape index (κ2) is 11.5. The van der Waals surface area contributed by atoms with Crippen LogP contribution in [0.2, 0.25) is 0 Å². The van der Waals surface area contributed by atoms with Gasteiger partial charge in [-0.2, -0.15) is 15.6 Å². The van der Waals surface area contributed by atoms with E-state index in [1.54, 1.807) is 32.1 Å². The highest BCUT2D eigenvalue weighted by Crippen LogP contribution is 2.24. The number of carboxylic acids is 1. The lowest BCUT2D eigenvalue weighted by molar-refractivity contribution is -0.132. The Balaban J connectivity index is 0.000000445. The first-order valence-corrected chi connectivity index (χ1v) is 7.95. The van der Waals surface area contributed by atoms with Crippen molar-refractivity contribution in [2.75, 3.05) is 0 Å². The van der Waals surface area contributed by atoms with Crippen molar-refractivity contribution in [1.29, 1.82) is 10.5 Å². The van der Waals surface area contributed by atoms with E-state index in [1.807, 2.05) is 54.6 Å². The molecule has 0 aromatic heterocycles. The van der Waals surface area contributed by atoms with Gasteiger partial charge in [0.25, 0.3) is 0 Å². The predicted molar refractivity (Wildman–Crippen MR) is 103 cm³/mol. The molecule has 0 radical (unpaired) electrons. The molecule has 0 aliphatic carbocycles. The Bertz CT molecular complexity index is 930. The first-order valence-electron chi connectivity index (χ1n) is 7.95. The third-order valence-electron chi connectivity index (χ3n) is 3.28. The molecule has 0 amide bonds. The maximum absolute atomic E-state index is 9.86. The van der Waals surface area contributed by atoms with Crippen molar-refractivity contribution in [3.8, 4) is 12.1 Å². The van der Waals surface area contributed by atoms with Gasteiger partial charge in [-0.25, -0.2) is 4.79 Å². The molecule has 0 bridgehead atoms. The molecular formula is C21H18N4O2. The molecule has 6 heteroatoms. The molecule has 0 aliphatic heterocycles. The second-order valence-electron chi connectivity index (χ2n) is 5.15. The average molecular weight is 358 g/mol. The molecule has 27 heavy (non-hydrogen) atoms. The number of aliphatic carboxylic acids is 1. The molecule has 6 nitrogen and oxygen atoms in total. The maximum Gasteiger partial charge on any atom is 0.330 e. The van der Waals surface area contributed by atoms with E-state index in [2.05, 4.69) is 10.2 Å². The second-order valence-corrected chi connectivity index (χ2v) is 5.15. The van der Waals surface area contributed by atoms with Crippen LogP contribution < -0.4 is 0 Å². The first kappa shape index (κ1) is 21.0. The summed E-state index contributed by atoms with van der Waals surface area (Å²) in [5.41, 5.74) is 2.46. The highest BCUT2D eigenvalue weighted by molar-refractivity contribution is 5.85. The molecular weight excluding hydrogens is 340 g/mol. The van der Waals surface area contributed by atoms with Crippen LogP contribution in [-0.2, 0) is 4.79 Å². The van der Waals surface area contributed by atoms with Crippen LogP contribution in [0.4, 0.5) is 11.4 Å². The molecule has 0 unspecified atom stereocenters. The topological polar surface area (TPSA) is 110 Å². The first-order chi connectivity index (χ1) is 13.0. The van der Waals surface area contributed by atoms with E-state index in [0.29, 0.717) is 16.8 Å². The quantitative estimate of drug-likeness (QED) is 0.437. The number of hydrogen-bond acceptors (Lipinski definition) is 5. The number of benzene rings is 2. The number of nitrogens with zero attached hydrogens (tertiary/aromatic N) is 4. The Kier molecular flexibility index (Phi) is 8.96. The van der Waals surface area contributed by atoms with Gasteiger partial charge in [-0.1, -0.05) is 42.5 Å². The van der Waals surface area contributed by atoms with E-state index in [-0.39, 0.29) is 5.57 Å². The van der Waals surface area contributed by atoms with E-state index in [4.69, 9.17) is 15.6 Å². The zero-order chi connectivity index (χ0) is 20.1. The van der Waals surface area contributed by atoms with E-state index < -0.39 is 5.97 Å². The van der Waals surface area contributed by atoms with E-state index in [0.717, 1.165) is 5.69 Å². The fraction of sp³-hybridized carbons (Fsp3) is 0.0952. The number of hydrogen-bond donors (Lipinski definition) is 1. The number of rotatable bonds is 4. The molecule has 0 saturated carbocycles. The summed E-state index contributed by atoms with van der Waals surface area (Å²) in [5, 5.41) is 34.0. The molecule has 0 spiro atoms. The van der Waals surface area contributed by atoms with Crippen LogP contribution in [0.15, 0.2) is 82.0 Å². The number of azo groups is 1. The fourth-order valence-corrected chi connectivity index (χ4v) is 1.68. The van der Waals surface area contributed by atoms with Gasteiger partial charge in [-0.05, 0) is 38.1 Å². The van der Waals surface area contributed by atoms with E-state index in [1.165, 1.54) is 6.08 Å². The normalized spacial score (nSPS) is 10.1. The SMILES string of the molecule is CC=C(C)C(=O)O.N#CC(C#N)=Cc1ccccc1N=Nc1ccccc1. The number of allylic oxidation sites excluding steroid dienone is 2. The Labute approximate surface area is 158 Å². The van der Waals surface area contributed by atoms with Crippen molar-refractivity contribution in [3.05, 3.63) is 77.4 Å². The molecule has 2 aromatic rings. The molecule has 2 aromatic carbocycles. The molecule has 0 aliphatic rings. The Morgan fingerprint density at radius 1 is 1.00 bits per heavy atom. The lowest BCUT2D eigenvalue weighted by Crippen LogP contribution is -1.93. The minimum atomic E-state index is -0.845. The van der Waals surface area contributed by atoms with Crippen molar-refractivity contribution >= 4 is 23.4 Å². The highest BCUT2D eigenvalue weighted by Gasteiger charge is 2.00. The van der Waals surface area contributed by atoms with Crippen LogP contribution in [0, 0.1) is 22.7 Å². The van der Waals surface area contributed by atoms with E-state index >= 15 is 0 Å². The molecule has 0 fully saturated rings. The van der Waals surface area contributed by atoms with Crippen molar-refractivity contribution in [2.24, 2.45) is 10.2 Å². The summed E-state index contributed by atoms with van der Waals surface area (Å²) >= 11 is 0. The summed E-state index contributed by atoms with van der Waals surface area (Å²) in [4.78, 5) is 9.86. The fourth-order valence-electron chi connectivity index (χ4n) is 1.68. The van der Waals surface area contributed by atoms with Crippen molar-refractivity contribution in [2.45, 2.75) is 13.8 Å². The summed E-state index contributed by atoms with van der Waals surface area (Å²) in [6, 6.07) is 20.2. The molecule has 0 atom stereocenters. The van der Waals surface area contributed by atoms with Gasteiger partial charge < -0.3 is 5.11 Å². The van der Waals surface area contributed by atoms with Crippen molar-refractivity contribution in [1.82, 2.24) is 0 Å². The summed E-state index contributed by atoms with van der Waals surface area (Å²) < 4.78 is 0. The van der Waals surface area contributed by atoms with Crippen LogP contribution in [0.3, 0.4) is 0 Å². The summed E-state index contributed by atoms with van der Waals surface area (Å²) in [5.74, 6) is -0.845. The number of carbonyl (C=O) groups is 1. The van der Waals surface area contributed by atoms with Gasteiger partial charge in [0.15, 0.2) is 0 Å². The third kappa shape index (κ3) is 7.59. The highest BCUT2D eigenvalue weighted by atomic mass is 16.4. The van der Waals surface area contributed by atoms with E-state index in [9.17, 15) is 4.79 Å². The van der Waals surface area contributed by atoms with Crippen molar-refractivity contribution in [3.63, 3.8) is 0 Å². The summed E-state index contributed by atoms with van der Waals surface area (Å²) in [6.45, 7) is 3.26.